The van der Waals surface area contributed by atoms with E-state index in [1.54, 1.807) is 0 Å². The smallest absolute Gasteiger partial charge is 0.337 e. The van der Waals surface area contributed by atoms with Gasteiger partial charge in [0.15, 0.2) is 6.61 Å². The number of amides is 1. The maximum Gasteiger partial charge on any atom is 0.337 e. The van der Waals surface area contributed by atoms with E-state index < -0.39 is 17.8 Å². The van der Waals surface area contributed by atoms with E-state index in [-0.39, 0.29) is 23.4 Å². The Morgan fingerprint density at radius 2 is 1.48 bits per heavy atom. The number of anilines is 1. The number of hydrogen-bond donors (Lipinski definition) is 1. The number of methoxy groups -OCH3 is 2. The Labute approximate surface area is 170 Å². The second kappa shape index (κ2) is 10.3. The number of hydrogen-bond acceptors (Lipinski definition) is 6. The summed E-state index contributed by atoms with van der Waals surface area (Å²) in [7, 11) is 2.46. The second-order valence-corrected chi connectivity index (χ2v) is 6.50. The molecule has 29 heavy (non-hydrogen) atoms. The standard InChI is InChI=1S/C22H25NO6/c1-5-14(2)15-6-8-19(9-7-15)29-13-20(24)23-18-11-16(21(25)27-3)10-17(12-18)22(26)28-4/h6-12,14H,5,13H2,1-4H3,(H,23,24)/t14-/m1/s1. The van der Waals surface area contributed by atoms with E-state index in [4.69, 9.17) is 4.74 Å². The lowest BCUT2D eigenvalue weighted by Gasteiger charge is -2.12. The molecule has 1 N–H and O–H groups in total. The highest BCUT2D eigenvalue weighted by Gasteiger charge is 2.15. The first-order chi connectivity index (χ1) is 13.9. The molecule has 0 bridgehead atoms. The fourth-order valence-electron chi connectivity index (χ4n) is 2.65. The molecule has 0 unspecified atom stereocenters. The highest BCUT2D eigenvalue weighted by atomic mass is 16.5. The minimum absolute atomic E-state index is 0.118. The van der Waals surface area contributed by atoms with Crippen LogP contribution in [0.3, 0.4) is 0 Å². The van der Waals surface area contributed by atoms with Gasteiger partial charge in [0.1, 0.15) is 5.75 Å². The van der Waals surface area contributed by atoms with E-state index >= 15 is 0 Å². The molecular formula is C22H25NO6. The third-order valence-electron chi connectivity index (χ3n) is 4.49. The number of ether oxygens (including phenoxy) is 3. The van der Waals surface area contributed by atoms with Gasteiger partial charge in [0.25, 0.3) is 5.91 Å². The number of rotatable bonds is 8. The van der Waals surface area contributed by atoms with E-state index in [0.29, 0.717) is 11.7 Å². The van der Waals surface area contributed by atoms with E-state index in [1.165, 1.54) is 38.0 Å². The van der Waals surface area contributed by atoms with E-state index in [2.05, 4.69) is 28.6 Å². The lowest BCUT2D eigenvalue weighted by Crippen LogP contribution is -2.21. The minimum atomic E-state index is -0.635. The van der Waals surface area contributed by atoms with Crippen molar-refractivity contribution in [1.82, 2.24) is 0 Å². The van der Waals surface area contributed by atoms with Crippen LogP contribution < -0.4 is 10.1 Å². The number of carbonyl (C=O) groups excluding carboxylic acids is 3. The zero-order valence-electron chi connectivity index (χ0n) is 17.0. The summed E-state index contributed by atoms with van der Waals surface area (Å²) in [4.78, 5) is 35.9. The van der Waals surface area contributed by atoms with Crippen LogP contribution in [0.4, 0.5) is 5.69 Å². The van der Waals surface area contributed by atoms with Crippen LogP contribution in [0, 0.1) is 0 Å². The molecular weight excluding hydrogens is 374 g/mol. The molecule has 0 spiro atoms. The molecule has 2 aromatic carbocycles. The highest BCUT2D eigenvalue weighted by Crippen LogP contribution is 2.22. The summed E-state index contributed by atoms with van der Waals surface area (Å²) in [5.74, 6) is -0.675. The summed E-state index contributed by atoms with van der Waals surface area (Å²) in [5, 5.41) is 2.61. The first kappa shape index (κ1) is 21.9. The lowest BCUT2D eigenvalue weighted by atomic mass is 9.99. The maximum absolute atomic E-state index is 12.2. The van der Waals surface area contributed by atoms with Crippen molar-refractivity contribution >= 4 is 23.5 Å². The van der Waals surface area contributed by atoms with Gasteiger partial charge >= 0.3 is 11.9 Å². The Morgan fingerprint density at radius 1 is 0.931 bits per heavy atom. The Bertz CT molecular complexity index is 841. The van der Waals surface area contributed by atoms with Gasteiger partial charge in [-0.05, 0) is 48.2 Å². The Kier molecular flexibility index (Phi) is 7.77. The monoisotopic (exact) mass is 399 g/mol. The van der Waals surface area contributed by atoms with Crippen molar-refractivity contribution in [1.29, 1.82) is 0 Å². The van der Waals surface area contributed by atoms with Gasteiger partial charge in [-0.3, -0.25) is 4.79 Å². The highest BCUT2D eigenvalue weighted by molar-refractivity contribution is 5.99. The Balaban J connectivity index is 2.05. The third kappa shape index (κ3) is 6.07. The average Bonchev–Trinajstić information content (AvgIpc) is 2.76. The molecule has 0 saturated heterocycles. The van der Waals surface area contributed by atoms with Crippen LogP contribution in [-0.4, -0.2) is 38.7 Å². The Morgan fingerprint density at radius 3 is 1.97 bits per heavy atom. The van der Waals surface area contributed by atoms with Crippen molar-refractivity contribution in [2.75, 3.05) is 26.1 Å². The van der Waals surface area contributed by atoms with E-state index in [0.717, 1.165) is 6.42 Å². The first-order valence-corrected chi connectivity index (χ1v) is 9.22. The molecule has 2 aromatic rings. The number of nitrogens with one attached hydrogen (secondary N) is 1. The Hall–Kier alpha value is -3.35. The molecule has 0 heterocycles. The fraction of sp³-hybridized carbons (Fsp3) is 0.318. The summed E-state index contributed by atoms with van der Waals surface area (Å²) in [5.41, 5.74) is 1.70. The van der Waals surface area contributed by atoms with Gasteiger partial charge in [0, 0.05) is 5.69 Å². The largest absolute Gasteiger partial charge is 0.484 e. The zero-order chi connectivity index (χ0) is 21.4. The summed E-state index contributed by atoms with van der Waals surface area (Å²) < 4.78 is 14.9. The SMILES string of the molecule is CC[C@@H](C)c1ccc(OCC(=O)Nc2cc(C(=O)OC)cc(C(=O)OC)c2)cc1. The second-order valence-electron chi connectivity index (χ2n) is 6.50. The molecule has 0 fully saturated rings. The van der Waals surface area contributed by atoms with Gasteiger partial charge < -0.3 is 19.5 Å². The van der Waals surface area contributed by atoms with Crippen LogP contribution in [0.25, 0.3) is 0 Å². The van der Waals surface area contributed by atoms with Gasteiger partial charge in [-0.2, -0.15) is 0 Å². The van der Waals surface area contributed by atoms with Crippen LogP contribution in [0.1, 0.15) is 52.5 Å². The van der Waals surface area contributed by atoms with Gasteiger partial charge in [-0.25, -0.2) is 9.59 Å². The lowest BCUT2D eigenvalue weighted by molar-refractivity contribution is -0.118. The van der Waals surface area contributed by atoms with Crippen molar-refractivity contribution in [2.24, 2.45) is 0 Å². The molecule has 0 aliphatic rings. The van der Waals surface area contributed by atoms with Crippen LogP contribution in [0.2, 0.25) is 0 Å². The maximum atomic E-state index is 12.2. The first-order valence-electron chi connectivity index (χ1n) is 9.22. The molecule has 7 nitrogen and oxygen atoms in total. The van der Waals surface area contributed by atoms with Crippen LogP contribution in [0.5, 0.6) is 5.75 Å². The van der Waals surface area contributed by atoms with Gasteiger partial charge in [-0.15, -0.1) is 0 Å². The topological polar surface area (TPSA) is 90.9 Å². The molecule has 0 saturated carbocycles. The predicted molar refractivity (Wildman–Crippen MR) is 108 cm³/mol. The van der Waals surface area contributed by atoms with Crippen LogP contribution in [-0.2, 0) is 14.3 Å². The summed E-state index contributed by atoms with van der Waals surface area (Å²) in [6.45, 7) is 4.05. The van der Waals surface area contributed by atoms with Crippen molar-refractivity contribution in [3.8, 4) is 5.75 Å². The van der Waals surface area contributed by atoms with E-state index in [1.807, 2.05) is 24.3 Å². The molecule has 1 atom stereocenters. The quantitative estimate of drug-likeness (QED) is 0.679. The molecule has 2 rings (SSSR count). The van der Waals surface area contributed by atoms with Crippen LogP contribution >= 0.6 is 0 Å². The molecule has 7 heteroatoms. The molecule has 0 radical (unpaired) electrons. The third-order valence-corrected chi connectivity index (χ3v) is 4.49. The van der Waals surface area contributed by atoms with Crippen LogP contribution in [0.15, 0.2) is 42.5 Å². The van der Waals surface area contributed by atoms with E-state index in [9.17, 15) is 14.4 Å². The van der Waals surface area contributed by atoms with Gasteiger partial charge in [-0.1, -0.05) is 26.0 Å². The molecule has 0 aliphatic carbocycles. The number of carbonyl (C=O) groups is 3. The normalized spacial score (nSPS) is 11.3. The van der Waals surface area contributed by atoms with Gasteiger partial charge in [0.05, 0.1) is 25.3 Å². The van der Waals surface area contributed by atoms with Gasteiger partial charge in [0.2, 0.25) is 0 Å². The molecule has 0 aliphatic heterocycles. The van der Waals surface area contributed by atoms with Crippen molar-refractivity contribution in [2.45, 2.75) is 26.2 Å². The zero-order valence-corrected chi connectivity index (χ0v) is 17.0. The molecule has 154 valence electrons. The summed E-state index contributed by atoms with van der Waals surface area (Å²) >= 11 is 0. The van der Waals surface area contributed by atoms with Crippen molar-refractivity contribution in [3.05, 3.63) is 59.2 Å². The van der Waals surface area contributed by atoms with Crippen molar-refractivity contribution < 1.29 is 28.6 Å². The predicted octanol–water partition coefficient (Wildman–Crippen LogP) is 3.79. The molecule has 0 aromatic heterocycles. The number of benzene rings is 2. The number of esters is 2. The minimum Gasteiger partial charge on any atom is -0.484 e. The van der Waals surface area contributed by atoms with Crippen molar-refractivity contribution in [3.63, 3.8) is 0 Å². The summed E-state index contributed by atoms with van der Waals surface area (Å²) in [6, 6.07) is 11.8. The average molecular weight is 399 g/mol. The fourth-order valence-corrected chi connectivity index (χ4v) is 2.65. The molecule has 1 amide bonds. The summed E-state index contributed by atoms with van der Waals surface area (Å²) in [6.07, 6.45) is 1.04.